The van der Waals surface area contributed by atoms with Crippen LogP contribution in [0.1, 0.15) is 27.2 Å². The van der Waals surface area contributed by atoms with Crippen molar-refractivity contribution in [3.05, 3.63) is 11.3 Å². The lowest BCUT2D eigenvalue weighted by Crippen LogP contribution is -2.27. The molecule has 2 atom stereocenters. The summed E-state index contributed by atoms with van der Waals surface area (Å²) in [4.78, 5) is 14.1. The zero-order chi connectivity index (χ0) is 12.8. The summed E-state index contributed by atoms with van der Waals surface area (Å²) >= 11 is 0. The number of allylic oxidation sites excluding steroid dienone is 2. The first-order valence-electron chi connectivity index (χ1n) is 6.48. The second kappa shape index (κ2) is 4.13. The van der Waals surface area contributed by atoms with Crippen molar-refractivity contribution in [3.8, 4) is 0 Å². The predicted molar refractivity (Wildman–Crippen MR) is 69.6 cm³/mol. The number of hydrogen-bond donors (Lipinski definition) is 1. The third-order valence-corrected chi connectivity index (χ3v) is 4.42. The van der Waals surface area contributed by atoms with Gasteiger partial charge in [0.1, 0.15) is 0 Å². The van der Waals surface area contributed by atoms with Crippen LogP contribution in [0.2, 0.25) is 0 Å². The SMILES string of the molecule is CC(NCCN(C)C)=C1C(=O)CC2C1C2(C)C. The quantitative estimate of drug-likeness (QED) is 0.753. The molecule has 3 heteroatoms. The van der Waals surface area contributed by atoms with Gasteiger partial charge in [-0.1, -0.05) is 13.8 Å². The highest BCUT2D eigenvalue weighted by atomic mass is 16.1. The second-order valence-corrected chi connectivity index (χ2v) is 6.30. The Labute approximate surface area is 104 Å². The lowest BCUT2D eigenvalue weighted by atomic mass is 9.95. The van der Waals surface area contributed by atoms with E-state index in [9.17, 15) is 4.79 Å². The van der Waals surface area contributed by atoms with E-state index >= 15 is 0 Å². The Bertz CT molecular complexity index is 368. The molecule has 0 aromatic rings. The van der Waals surface area contributed by atoms with Crippen LogP contribution < -0.4 is 5.32 Å². The number of Topliss-reactive ketones (excluding diaryl/α,β-unsaturated/α-hetero) is 1. The van der Waals surface area contributed by atoms with Crippen LogP contribution in [-0.2, 0) is 4.79 Å². The highest BCUT2D eigenvalue weighted by Crippen LogP contribution is 2.68. The van der Waals surface area contributed by atoms with Gasteiger partial charge in [0.2, 0.25) is 0 Å². The number of nitrogens with one attached hydrogen (secondary N) is 1. The molecule has 0 bridgehead atoms. The molecule has 2 unspecified atom stereocenters. The van der Waals surface area contributed by atoms with Gasteiger partial charge in [-0.15, -0.1) is 0 Å². The van der Waals surface area contributed by atoms with Gasteiger partial charge >= 0.3 is 0 Å². The van der Waals surface area contributed by atoms with Crippen LogP contribution in [0.25, 0.3) is 0 Å². The standard InChI is InChI=1S/C14H24N2O/c1-9(15-6-7-16(4)5)12-11(17)8-10-13(12)14(10,2)3/h10,13,15H,6-8H2,1-5H3. The molecule has 2 fully saturated rings. The molecular formula is C14H24N2O. The van der Waals surface area contributed by atoms with Gasteiger partial charge in [-0.05, 0) is 38.3 Å². The van der Waals surface area contributed by atoms with Gasteiger partial charge in [-0.2, -0.15) is 0 Å². The maximum atomic E-state index is 11.9. The molecule has 17 heavy (non-hydrogen) atoms. The topological polar surface area (TPSA) is 32.3 Å². The molecule has 0 saturated heterocycles. The minimum absolute atomic E-state index is 0.355. The summed E-state index contributed by atoms with van der Waals surface area (Å²) in [6.45, 7) is 8.52. The Morgan fingerprint density at radius 3 is 2.65 bits per heavy atom. The van der Waals surface area contributed by atoms with Crippen molar-refractivity contribution >= 4 is 5.78 Å². The van der Waals surface area contributed by atoms with Crippen molar-refractivity contribution in [1.29, 1.82) is 0 Å². The highest BCUT2D eigenvalue weighted by molar-refractivity contribution is 6.01. The summed E-state index contributed by atoms with van der Waals surface area (Å²) in [5.74, 6) is 1.49. The minimum atomic E-state index is 0.355. The summed E-state index contributed by atoms with van der Waals surface area (Å²) in [5.41, 5.74) is 2.54. The van der Waals surface area contributed by atoms with Gasteiger partial charge < -0.3 is 10.2 Å². The van der Waals surface area contributed by atoms with Crippen molar-refractivity contribution < 1.29 is 4.79 Å². The number of carbonyl (C=O) groups is 1. The molecule has 0 aromatic heterocycles. The number of carbonyl (C=O) groups excluding carboxylic acids is 1. The molecular weight excluding hydrogens is 212 g/mol. The lowest BCUT2D eigenvalue weighted by Gasteiger charge is -2.16. The Kier molecular flexibility index (Phi) is 3.06. The fourth-order valence-electron chi connectivity index (χ4n) is 3.19. The monoisotopic (exact) mass is 236 g/mol. The third kappa shape index (κ3) is 2.13. The maximum Gasteiger partial charge on any atom is 0.161 e. The second-order valence-electron chi connectivity index (χ2n) is 6.30. The zero-order valence-corrected chi connectivity index (χ0v) is 11.6. The first kappa shape index (κ1) is 12.6. The number of rotatable bonds is 4. The molecule has 2 rings (SSSR count). The normalized spacial score (nSPS) is 32.7. The highest BCUT2D eigenvalue weighted by Gasteiger charge is 2.65. The summed E-state index contributed by atoms with van der Waals surface area (Å²) in [5, 5.41) is 3.40. The van der Waals surface area contributed by atoms with Gasteiger partial charge in [0.15, 0.2) is 5.78 Å². The third-order valence-electron chi connectivity index (χ3n) is 4.42. The summed E-state index contributed by atoms with van der Waals surface area (Å²) < 4.78 is 0. The van der Waals surface area contributed by atoms with Crippen LogP contribution >= 0.6 is 0 Å². The fraction of sp³-hybridized carbons (Fsp3) is 0.786. The smallest absolute Gasteiger partial charge is 0.161 e. The molecule has 0 aromatic carbocycles. The molecule has 3 nitrogen and oxygen atoms in total. The van der Waals surface area contributed by atoms with E-state index in [1.165, 1.54) is 0 Å². The summed E-state index contributed by atoms with van der Waals surface area (Å²) in [6.07, 6.45) is 0.764. The average molecular weight is 236 g/mol. The van der Waals surface area contributed by atoms with Crippen molar-refractivity contribution in [2.45, 2.75) is 27.2 Å². The summed E-state index contributed by atoms with van der Waals surface area (Å²) in [6, 6.07) is 0. The van der Waals surface area contributed by atoms with E-state index < -0.39 is 0 Å². The van der Waals surface area contributed by atoms with Crippen LogP contribution in [-0.4, -0.2) is 37.9 Å². The molecule has 2 aliphatic rings. The molecule has 2 aliphatic carbocycles. The molecule has 0 aliphatic heterocycles. The molecule has 96 valence electrons. The molecule has 0 heterocycles. The minimum Gasteiger partial charge on any atom is -0.387 e. The van der Waals surface area contributed by atoms with Crippen LogP contribution in [0.4, 0.5) is 0 Å². The molecule has 0 spiro atoms. The predicted octanol–water partition coefficient (Wildman–Crippen LogP) is 1.66. The van der Waals surface area contributed by atoms with Crippen LogP contribution in [0.5, 0.6) is 0 Å². The van der Waals surface area contributed by atoms with Crippen molar-refractivity contribution in [2.24, 2.45) is 17.3 Å². The fourth-order valence-corrected chi connectivity index (χ4v) is 3.19. The van der Waals surface area contributed by atoms with E-state index in [0.717, 1.165) is 30.8 Å². The average Bonchev–Trinajstić information content (AvgIpc) is 2.58. The number of fused-ring (bicyclic) bond motifs is 1. The van der Waals surface area contributed by atoms with Gasteiger partial charge in [-0.25, -0.2) is 0 Å². The van der Waals surface area contributed by atoms with E-state index in [1.54, 1.807) is 0 Å². The Balaban J connectivity index is 2.02. The zero-order valence-electron chi connectivity index (χ0n) is 11.6. The first-order valence-corrected chi connectivity index (χ1v) is 6.48. The van der Waals surface area contributed by atoms with E-state index in [1.807, 2.05) is 0 Å². The largest absolute Gasteiger partial charge is 0.387 e. The summed E-state index contributed by atoms with van der Waals surface area (Å²) in [7, 11) is 4.12. The van der Waals surface area contributed by atoms with Crippen molar-refractivity contribution in [1.82, 2.24) is 10.2 Å². The van der Waals surface area contributed by atoms with E-state index in [-0.39, 0.29) is 0 Å². The number of likely N-dealkylation sites (N-methyl/N-ethyl adjacent to an activating group) is 1. The number of nitrogens with zero attached hydrogens (tertiary/aromatic N) is 1. The molecule has 0 radical (unpaired) electrons. The lowest BCUT2D eigenvalue weighted by molar-refractivity contribution is -0.115. The van der Waals surface area contributed by atoms with Crippen LogP contribution in [0.3, 0.4) is 0 Å². The van der Waals surface area contributed by atoms with E-state index in [4.69, 9.17) is 0 Å². The van der Waals surface area contributed by atoms with Gasteiger partial charge in [0.25, 0.3) is 0 Å². The molecule has 0 amide bonds. The Morgan fingerprint density at radius 2 is 2.12 bits per heavy atom. The van der Waals surface area contributed by atoms with Gasteiger partial charge in [-0.3, -0.25) is 4.79 Å². The Hall–Kier alpha value is -0.830. The van der Waals surface area contributed by atoms with Crippen molar-refractivity contribution in [3.63, 3.8) is 0 Å². The van der Waals surface area contributed by atoms with E-state index in [0.29, 0.717) is 23.0 Å². The van der Waals surface area contributed by atoms with E-state index in [2.05, 4.69) is 45.1 Å². The van der Waals surface area contributed by atoms with Gasteiger partial charge in [0, 0.05) is 30.8 Å². The maximum absolute atomic E-state index is 11.9. The first-order chi connectivity index (χ1) is 7.85. The Morgan fingerprint density at radius 1 is 1.47 bits per heavy atom. The molecule has 2 saturated carbocycles. The van der Waals surface area contributed by atoms with Gasteiger partial charge in [0.05, 0.1) is 0 Å². The van der Waals surface area contributed by atoms with Crippen molar-refractivity contribution in [2.75, 3.05) is 27.2 Å². The molecule has 1 N–H and O–H groups in total. The number of ketones is 1. The van der Waals surface area contributed by atoms with Crippen LogP contribution in [0, 0.1) is 17.3 Å². The number of hydrogen-bond acceptors (Lipinski definition) is 3. The van der Waals surface area contributed by atoms with Crippen LogP contribution in [0.15, 0.2) is 11.3 Å².